The molecule has 0 aliphatic carbocycles. The second-order valence-electron chi connectivity index (χ2n) is 4.51. The molecule has 1 aromatic carbocycles. The first-order valence-corrected chi connectivity index (χ1v) is 6.75. The topological polar surface area (TPSA) is 37.8 Å². The molecule has 0 amide bonds. The van der Waals surface area contributed by atoms with Crippen molar-refractivity contribution in [3.63, 3.8) is 0 Å². The van der Waals surface area contributed by atoms with Gasteiger partial charge in [0, 0.05) is 0 Å². The summed E-state index contributed by atoms with van der Waals surface area (Å²) in [6.07, 6.45) is -4.32. The van der Waals surface area contributed by atoms with Crippen LogP contribution in [0.3, 0.4) is 0 Å². The molecule has 1 aromatic heterocycles. The highest BCUT2D eigenvalue weighted by atomic mass is 32.1. The first-order chi connectivity index (χ1) is 9.34. The Kier molecular flexibility index (Phi) is 4.10. The van der Waals surface area contributed by atoms with E-state index in [2.05, 4.69) is 14.9 Å². The summed E-state index contributed by atoms with van der Waals surface area (Å²) in [6.45, 7) is 3.52. The van der Waals surface area contributed by atoms with Crippen LogP contribution in [0.1, 0.15) is 33.3 Å². The second kappa shape index (κ2) is 5.49. The molecule has 20 heavy (non-hydrogen) atoms. The van der Waals surface area contributed by atoms with Crippen LogP contribution in [-0.4, -0.2) is 16.6 Å². The van der Waals surface area contributed by atoms with Gasteiger partial charge in [0.05, 0.1) is 22.2 Å². The minimum Gasteiger partial charge on any atom is -0.309 e. The Morgan fingerprint density at radius 2 is 1.95 bits per heavy atom. The number of hydrogen-bond donors (Lipinski definition) is 1. The number of alkyl halides is 3. The number of hydrogen-bond acceptors (Lipinski definition) is 4. The molecule has 2 aromatic rings. The van der Waals surface area contributed by atoms with E-state index in [4.69, 9.17) is 0 Å². The standard InChI is InChI=1S/C13H14F3N3S/c1-7-6-9(13(14,15)16)4-5-10(7)11(17-3)12-8(2)18-19-20-12/h4-6,11,17H,1-3H3. The lowest BCUT2D eigenvalue weighted by molar-refractivity contribution is -0.137. The summed E-state index contributed by atoms with van der Waals surface area (Å²) in [6, 6.07) is 3.59. The van der Waals surface area contributed by atoms with Crippen molar-refractivity contribution in [2.75, 3.05) is 7.05 Å². The highest BCUT2D eigenvalue weighted by Crippen LogP contribution is 2.34. The quantitative estimate of drug-likeness (QED) is 0.943. The average molecular weight is 301 g/mol. The van der Waals surface area contributed by atoms with Gasteiger partial charge in [-0.1, -0.05) is 10.6 Å². The van der Waals surface area contributed by atoms with Gasteiger partial charge in [0.15, 0.2) is 0 Å². The van der Waals surface area contributed by atoms with Crippen LogP contribution in [0.25, 0.3) is 0 Å². The molecular formula is C13H14F3N3S. The summed E-state index contributed by atoms with van der Waals surface area (Å²) >= 11 is 1.25. The summed E-state index contributed by atoms with van der Waals surface area (Å²) in [5.41, 5.74) is 1.54. The number of aryl methyl sites for hydroxylation is 2. The minimum absolute atomic E-state index is 0.197. The molecule has 0 spiro atoms. The van der Waals surface area contributed by atoms with Gasteiger partial charge in [0.25, 0.3) is 0 Å². The molecule has 0 aliphatic rings. The Labute approximate surface area is 119 Å². The molecule has 2 rings (SSSR count). The smallest absolute Gasteiger partial charge is 0.309 e. The van der Waals surface area contributed by atoms with Gasteiger partial charge in [-0.25, -0.2) is 0 Å². The zero-order valence-corrected chi connectivity index (χ0v) is 12.1. The lowest BCUT2D eigenvalue weighted by Gasteiger charge is -2.19. The van der Waals surface area contributed by atoms with Crippen LogP contribution in [0, 0.1) is 13.8 Å². The number of nitrogens with one attached hydrogen (secondary N) is 1. The van der Waals surface area contributed by atoms with Crippen molar-refractivity contribution >= 4 is 11.5 Å². The van der Waals surface area contributed by atoms with Crippen molar-refractivity contribution in [3.05, 3.63) is 45.5 Å². The van der Waals surface area contributed by atoms with Gasteiger partial charge in [-0.3, -0.25) is 0 Å². The van der Waals surface area contributed by atoms with Gasteiger partial charge in [-0.2, -0.15) is 13.2 Å². The Balaban J connectivity index is 2.44. The van der Waals surface area contributed by atoms with Gasteiger partial charge in [0.2, 0.25) is 0 Å². The zero-order chi connectivity index (χ0) is 14.9. The Morgan fingerprint density at radius 1 is 1.25 bits per heavy atom. The Hall–Kier alpha value is -1.47. The maximum atomic E-state index is 12.7. The molecule has 1 N–H and O–H groups in total. The van der Waals surface area contributed by atoms with Crippen LogP contribution in [-0.2, 0) is 6.18 Å². The number of aromatic nitrogens is 2. The number of benzene rings is 1. The van der Waals surface area contributed by atoms with Crippen LogP contribution < -0.4 is 5.32 Å². The van der Waals surface area contributed by atoms with E-state index < -0.39 is 11.7 Å². The average Bonchev–Trinajstić information content (AvgIpc) is 2.77. The minimum atomic E-state index is -4.32. The van der Waals surface area contributed by atoms with E-state index in [0.29, 0.717) is 5.56 Å². The molecule has 0 saturated heterocycles. The van der Waals surface area contributed by atoms with Gasteiger partial charge >= 0.3 is 6.18 Å². The highest BCUT2D eigenvalue weighted by Gasteiger charge is 2.31. The maximum absolute atomic E-state index is 12.7. The van der Waals surface area contributed by atoms with Crippen LogP contribution in [0.15, 0.2) is 18.2 Å². The first kappa shape index (κ1) is 14.9. The molecule has 0 bridgehead atoms. The molecule has 7 heteroatoms. The summed E-state index contributed by atoms with van der Waals surface area (Å²) in [7, 11) is 1.76. The van der Waals surface area contributed by atoms with Crippen LogP contribution in [0.2, 0.25) is 0 Å². The van der Waals surface area contributed by atoms with E-state index in [1.54, 1.807) is 14.0 Å². The third-order valence-corrected chi connectivity index (χ3v) is 4.04. The molecule has 0 saturated carbocycles. The van der Waals surface area contributed by atoms with Gasteiger partial charge in [0.1, 0.15) is 0 Å². The van der Waals surface area contributed by atoms with E-state index >= 15 is 0 Å². The largest absolute Gasteiger partial charge is 0.416 e. The highest BCUT2D eigenvalue weighted by molar-refractivity contribution is 7.05. The number of halogens is 3. The van der Waals surface area contributed by atoms with E-state index in [1.807, 2.05) is 6.92 Å². The first-order valence-electron chi connectivity index (χ1n) is 5.98. The fourth-order valence-electron chi connectivity index (χ4n) is 2.11. The predicted molar refractivity (Wildman–Crippen MR) is 71.7 cm³/mol. The fraction of sp³-hybridized carbons (Fsp3) is 0.385. The predicted octanol–water partition coefficient (Wildman–Crippen LogP) is 3.48. The van der Waals surface area contributed by atoms with E-state index in [-0.39, 0.29) is 6.04 Å². The second-order valence-corrected chi connectivity index (χ2v) is 5.30. The van der Waals surface area contributed by atoms with Crippen LogP contribution in [0.4, 0.5) is 13.2 Å². The lowest BCUT2D eigenvalue weighted by atomic mass is 9.97. The zero-order valence-electron chi connectivity index (χ0n) is 11.2. The molecule has 1 heterocycles. The van der Waals surface area contributed by atoms with Crippen LogP contribution in [0.5, 0.6) is 0 Å². The van der Waals surface area contributed by atoms with E-state index in [0.717, 1.165) is 22.2 Å². The molecule has 1 unspecified atom stereocenters. The molecule has 0 aliphatic heterocycles. The fourth-order valence-corrected chi connectivity index (χ4v) is 2.88. The molecule has 1 atom stereocenters. The van der Waals surface area contributed by atoms with Crippen molar-refractivity contribution in [2.24, 2.45) is 0 Å². The molecular weight excluding hydrogens is 287 g/mol. The summed E-state index contributed by atoms with van der Waals surface area (Å²) in [5, 5.41) is 7.06. The third kappa shape index (κ3) is 2.83. The molecule has 108 valence electrons. The number of nitrogens with zero attached hydrogens (tertiary/aromatic N) is 2. The summed E-state index contributed by atoms with van der Waals surface area (Å²) in [5.74, 6) is 0. The summed E-state index contributed by atoms with van der Waals surface area (Å²) in [4.78, 5) is 0.912. The molecule has 3 nitrogen and oxygen atoms in total. The monoisotopic (exact) mass is 301 g/mol. The lowest BCUT2D eigenvalue weighted by Crippen LogP contribution is -2.19. The third-order valence-electron chi connectivity index (χ3n) is 3.15. The van der Waals surface area contributed by atoms with Crippen molar-refractivity contribution in [1.82, 2.24) is 14.9 Å². The van der Waals surface area contributed by atoms with E-state index in [9.17, 15) is 13.2 Å². The van der Waals surface area contributed by atoms with Crippen LogP contribution >= 0.6 is 11.5 Å². The number of rotatable bonds is 3. The summed E-state index contributed by atoms with van der Waals surface area (Å²) < 4.78 is 41.9. The Bertz CT molecular complexity index is 607. The van der Waals surface area contributed by atoms with Crippen molar-refractivity contribution in [1.29, 1.82) is 0 Å². The van der Waals surface area contributed by atoms with Crippen molar-refractivity contribution in [2.45, 2.75) is 26.1 Å². The van der Waals surface area contributed by atoms with E-state index in [1.165, 1.54) is 23.7 Å². The van der Waals surface area contributed by atoms with Crippen molar-refractivity contribution in [3.8, 4) is 0 Å². The normalized spacial score (nSPS) is 13.5. The van der Waals surface area contributed by atoms with Crippen molar-refractivity contribution < 1.29 is 13.2 Å². The maximum Gasteiger partial charge on any atom is 0.416 e. The van der Waals surface area contributed by atoms with Gasteiger partial charge in [-0.05, 0) is 55.7 Å². The molecule has 0 radical (unpaired) electrons. The Morgan fingerprint density at radius 3 is 2.40 bits per heavy atom. The molecule has 0 fully saturated rings. The van der Waals surface area contributed by atoms with Gasteiger partial charge < -0.3 is 5.32 Å². The SMILES string of the molecule is CNC(c1ccc(C(F)(F)F)cc1C)c1snnc1C. The van der Waals surface area contributed by atoms with Gasteiger partial charge in [-0.15, -0.1) is 5.10 Å².